The highest BCUT2D eigenvalue weighted by Crippen LogP contribution is 2.15. The topological polar surface area (TPSA) is 84.9 Å². The van der Waals surface area contributed by atoms with Crippen LogP contribution in [0.2, 0.25) is 5.02 Å². The average Bonchev–Trinajstić information content (AvgIpc) is 2.64. The minimum Gasteiger partial charge on any atom is -0.454 e. The lowest BCUT2D eigenvalue weighted by atomic mass is 10.0. The number of carbonyl (C=O) groups is 3. The fourth-order valence-electron chi connectivity index (χ4n) is 2.49. The van der Waals surface area contributed by atoms with Gasteiger partial charge < -0.3 is 19.7 Å². The molecule has 1 aromatic carbocycles. The highest BCUT2D eigenvalue weighted by molar-refractivity contribution is 6.33. The summed E-state index contributed by atoms with van der Waals surface area (Å²) in [5, 5.41) is 2.93. The zero-order valence-electron chi connectivity index (χ0n) is 14.9. The van der Waals surface area contributed by atoms with Crippen molar-refractivity contribution in [3.05, 3.63) is 34.9 Å². The number of rotatable bonds is 6. The number of hydrogen-bond acceptors (Lipinski definition) is 5. The summed E-state index contributed by atoms with van der Waals surface area (Å²) in [5.41, 5.74) is 0.275. The van der Waals surface area contributed by atoms with Gasteiger partial charge in [-0.25, -0.2) is 4.79 Å². The van der Waals surface area contributed by atoms with Crippen molar-refractivity contribution in [1.82, 2.24) is 10.2 Å². The highest BCUT2D eigenvalue weighted by Gasteiger charge is 2.28. The molecule has 1 heterocycles. The number of benzene rings is 1. The molecular formula is C18H23ClN2O5. The molecule has 1 aliphatic heterocycles. The van der Waals surface area contributed by atoms with E-state index < -0.39 is 17.9 Å². The first-order valence-electron chi connectivity index (χ1n) is 8.47. The van der Waals surface area contributed by atoms with Crippen LogP contribution in [0.25, 0.3) is 0 Å². The van der Waals surface area contributed by atoms with E-state index in [1.54, 1.807) is 43.0 Å². The van der Waals surface area contributed by atoms with Crippen LogP contribution in [-0.2, 0) is 19.1 Å². The summed E-state index contributed by atoms with van der Waals surface area (Å²) in [4.78, 5) is 38.4. The fourth-order valence-corrected chi connectivity index (χ4v) is 2.71. The van der Waals surface area contributed by atoms with Crippen molar-refractivity contribution in [1.29, 1.82) is 0 Å². The van der Waals surface area contributed by atoms with E-state index in [2.05, 4.69) is 5.32 Å². The second-order valence-corrected chi connectivity index (χ2v) is 6.68. The van der Waals surface area contributed by atoms with Crippen molar-refractivity contribution in [3.8, 4) is 0 Å². The van der Waals surface area contributed by atoms with Crippen LogP contribution in [0.1, 0.15) is 24.2 Å². The molecule has 0 saturated carbocycles. The summed E-state index contributed by atoms with van der Waals surface area (Å²) in [6, 6.07) is 5.69. The normalized spacial score (nSPS) is 15.5. The van der Waals surface area contributed by atoms with Gasteiger partial charge in [-0.1, -0.05) is 37.6 Å². The standard InChI is InChI=1S/C18H23ClN2O5/c1-12(2)16(20-17(23)13-5-3-4-6-14(13)19)18(24)26-11-15(22)21-7-9-25-10-8-21/h3-6,12,16H,7-11H2,1-2H3,(H,20,23)/t16-/m0/s1. The molecule has 2 amide bonds. The van der Waals surface area contributed by atoms with E-state index in [-0.39, 0.29) is 24.0 Å². The van der Waals surface area contributed by atoms with E-state index in [9.17, 15) is 14.4 Å². The Hall–Kier alpha value is -2.12. The molecule has 8 heteroatoms. The van der Waals surface area contributed by atoms with Crippen molar-refractivity contribution < 1.29 is 23.9 Å². The third kappa shape index (κ3) is 5.44. The molecule has 0 unspecified atom stereocenters. The van der Waals surface area contributed by atoms with Crippen LogP contribution in [0.15, 0.2) is 24.3 Å². The first-order valence-corrected chi connectivity index (χ1v) is 8.85. The smallest absolute Gasteiger partial charge is 0.329 e. The fraction of sp³-hybridized carbons (Fsp3) is 0.500. The van der Waals surface area contributed by atoms with Gasteiger partial charge in [0, 0.05) is 13.1 Å². The van der Waals surface area contributed by atoms with Gasteiger partial charge in [0.1, 0.15) is 6.04 Å². The lowest BCUT2D eigenvalue weighted by Crippen LogP contribution is -2.47. The van der Waals surface area contributed by atoms with Crippen molar-refractivity contribution in [2.45, 2.75) is 19.9 Å². The number of esters is 1. The summed E-state index contributed by atoms with van der Waals surface area (Å²) < 4.78 is 10.3. The number of ether oxygens (including phenoxy) is 2. The first kappa shape index (κ1) is 20.2. The van der Waals surface area contributed by atoms with Gasteiger partial charge in [0.15, 0.2) is 6.61 Å². The van der Waals surface area contributed by atoms with E-state index in [1.807, 2.05) is 0 Å². The average molecular weight is 383 g/mol. The summed E-state index contributed by atoms with van der Waals surface area (Å²) >= 11 is 6.01. The zero-order valence-corrected chi connectivity index (χ0v) is 15.6. The van der Waals surface area contributed by atoms with E-state index in [0.717, 1.165) is 0 Å². The molecule has 1 aromatic rings. The maximum atomic E-state index is 12.4. The summed E-state index contributed by atoms with van der Waals surface area (Å²) in [6.07, 6.45) is 0. The molecule has 1 aliphatic rings. The second-order valence-electron chi connectivity index (χ2n) is 6.28. The summed E-state index contributed by atoms with van der Waals surface area (Å²) in [6.45, 7) is 5.11. The Labute approximate surface area is 157 Å². The highest BCUT2D eigenvalue weighted by atomic mass is 35.5. The summed E-state index contributed by atoms with van der Waals surface area (Å²) in [5.74, 6) is -1.61. The molecule has 2 rings (SSSR count). The number of halogens is 1. The van der Waals surface area contributed by atoms with Gasteiger partial charge in [-0.05, 0) is 18.1 Å². The van der Waals surface area contributed by atoms with Crippen LogP contribution in [0.3, 0.4) is 0 Å². The molecule has 0 aliphatic carbocycles. The number of morpholine rings is 1. The van der Waals surface area contributed by atoms with Gasteiger partial charge in [0.05, 0.1) is 23.8 Å². The molecule has 1 atom stereocenters. The molecule has 1 saturated heterocycles. The van der Waals surface area contributed by atoms with Crippen LogP contribution < -0.4 is 5.32 Å². The van der Waals surface area contributed by atoms with Gasteiger partial charge in [-0.15, -0.1) is 0 Å². The Morgan fingerprint density at radius 3 is 2.50 bits per heavy atom. The molecular weight excluding hydrogens is 360 g/mol. The van der Waals surface area contributed by atoms with Crippen molar-refractivity contribution in [2.75, 3.05) is 32.9 Å². The van der Waals surface area contributed by atoms with Gasteiger partial charge in [0.25, 0.3) is 11.8 Å². The predicted molar refractivity (Wildman–Crippen MR) is 95.9 cm³/mol. The largest absolute Gasteiger partial charge is 0.454 e. The minimum absolute atomic E-state index is 0.215. The van der Waals surface area contributed by atoms with Gasteiger partial charge >= 0.3 is 5.97 Å². The molecule has 0 radical (unpaired) electrons. The van der Waals surface area contributed by atoms with E-state index in [0.29, 0.717) is 31.3 Å². The monoisotopic (exact) mass is 382 g/mol. The number of nitrogens with zero attached hydrogens (tertiary/aromatic N) is 1. The Morgan fingerprint density at radius 2 is 1.88 bits per heavy atom. The second kappa shape index (κ2) is 9.54. The number of hydrogen-bond donors (Lipinski definition) is 1. The van der Waals surface area contributed by atoms with Crippen LogP contribution in [0, 0.1) is 5.92 Å². The number of nitrogens with one attached hydrogen (secondary N) is 1. The predicted octanol–water partition coefficient (Wildman–Crippen LogP) is 1.50. The minimum atomic E-state index is -0.878. The van der Waals surface area contributed by atoms with Gasteiger partial charge in [0.2, 0.25) is 0 Å². The Balaban J connectivity index is 1.93. The molecule has 142 valence electrons. The van der Waals surface area contributed by atoms with Crippen molar-refractivity contribution in [2.24, 2.45) is 5.92 Å². The summed E-state index contributed by atoms with van der Waals surface area (Å²) in [7, 11) is 0. The Bertz CT molecular complexity index is 659. The SMILES string of the molecule is CC(C)[C@H](NC(=O)c1ccccc1Cl)C(=O)OCC(=O)N1CCOCC1. The molecule has 1 N–H and O–H groups in total. The van der Waals surface area contributed by atoms with Crippen LogP contribution in [0.4, 0.5) is 0 Å². The maximum absolute atomic E-state index is 12.4. The molecule has 0 spiro atoms. The molecule has 7 nitrogen and oxygen atoms in total. The maximum Gasteiger partial charge on any atom is 0.329 e. The molecule has 1 fully saturated rings. The van der Waals surface area contributed by atoms with Gasteiger partial charge in [-0.2, -0.15) is 0 Å². The van der Waals surface area contributed by atoms with Crippen molar-refractivity contribution >= 4 is 29.4 Å². The third-order valence-electron chi connectivity index (χ3n) is 4.03. The molecule has 0 bridgehead atoms. The number of carbonyl (C=O) groups excluding carboxylic acids is 3. The van der Waals surface area contributed by atoms with E-state index in [4.69, 9.17) is 21.1 Å². The van der Waals surface area contributed by atoms with E-state index >= 15 is 0 Å². The quantitative estimate of drug-likeness (QED) is 0.753. The van der Waals surface area contributed by atoms with Crippen LogP contribution >= 0.6 is 11.6 Å². The van der Waals surface area contributed by atoms with Crippen LogP contribution in [-0.4, -0.2) is 61.6 Å². The number of amides is 2. The lowest BCUT2D eigenvalue weighted by molar-refractivity contribution is -0.155. The molecule has 0 aromatic heterocycles. The van der Waals surface area contributed by atoms with E-state index in [1.165, 1.54) is 0 Å². The van der Waals surface area contributed by atoms with Crippen molar-refractivity contribution in [3.63, 3.8) is 0 Å². The van der Waals surface area contributed by atoms with Gasteiger partial charge in [-0.3, -0.25) is 9.59 Å². The Morgan fingerprint density at radius 1 is 1.23 bits per heavy atom. The zero-order chi connectivity index (χ0) is 19.1. The lowest BCUT2D eigenvalue weighted by Gasteiger charge is -2.27. The van der Waals surface area contributed by atoms with Crippen LogP contribution in [0.5, 0.6) is 0 Å². The first-order chi connectivity index (χ1) is 12.4. The Kier molecular flexibility index (Phi) is 7.41. The molecule has 26 heavy (non-hydrogen) atoms. The third-order valence-corrected chi connectivity index (χ3v) is 4.36.